The molecule has 0 N–H and O–H groups in total. The highest BCUT2D eigenvalue weighted by molar-refractivity contribution is 6.08. The molecule has 0 fully saturated rings. The van der Waals surface area contributed by atoms with Crippen LogP contribution in [0.4, 0.5) is 0 Å². The van der Waals surface area contributed by atoms with Gasteiger partial charge in [-0.15, -0.1) is 0 Å². The molecule has 0 aliphatic rings. The van der Waals surface area contributed by atoms with Crippen molar-refractivity contribution in [3.63, 3.8) is 0 Å². The zero-order valence-electron chi connectivity index (χ0n) is 18.2. The maximum absolute atomic E-state index is 12.4. The van der Waals surface area contributed by atoms with Gasteiger partial charge in [-0.25, -0.2) is 4.79 Å². The summed E-state index contributed by atoms with van der Waals surface area (Å²) in [5, 5.41) is 0. The fourth-order valence-electron chi connectivity index (χ4n) is 3.29. The molecule has 1 heterocycles. The van der Waals surface area contributed by atoms with Gasteiger partial charge in [0.1, 0.15) is 5.75 Å². The van der Waals surface area contributed by atoms with Gasteiger partial charge >= 0.3 is 5.97 Å². The molecule has 0 aliphatic carbocycles. The Balaban J connectivity index is 1.21. The van der Waals surface area contributed by atoms with E-state index in [4.69, 9.17) is 9.47 Å². The van der Waals surface area contributed by atoms with Crippen LogP contribution >= 0.6 is 0 Å². The molecule has 5 nitrogen and oxygen atoms in total. The Morgan fingerprint density at radius 3 is 1.97 bits per heavy atom. The normalized spacial score (nSPS) is 10.5. The summed E-state index contributed by atoms with van der Waals surface area (Å²) >= 11 is 0. The first-order valence-electron chi connectivity index (χ1n) is 11.1. The molecule has 3 rings (SSSR count). The van der Waals surface area contributed by atoms with Crippen molar-refractivity contribution in [1.29, 1.82) is 0 Å². The number of ether oxygens (including phenoxy) is 2. The SMILES string of the molecule is O=C(OCCCCCCCCOc1ccc(C(=O)c2ccccc2)cc1)c1cccnc1. The van der Waals surface area contributed by atoms with E-state index in [2.05, 4.69) is 4.98 Å². The maximum Gasteiger partial charge on any atom is 0.339 e. The summed E-state index contributed by atoms with van der Waals surface area (Å²) in [5.41, 5.74) is 1.84. The number of ketones is 1. The molecule has 1 aromatic heterocycles. The lowest BCUT2D eigenvalue weighted by molar-refractivity contribution is 0.0497. The fourth-order valence-corrected chi connectivity index (χ4v) is 3.29. The first-order chi connectivity index (χ1) is 15.7. The van der Waals surface area contributed by atoms with Crippen molar-refractivity contribution >= 4 is 11.8 Å². The molecule has 2 aromatic carbocycles. The van der Waals surface area contributed by atoms with E-state index in [0.29, 0.717) is 29.9 Å². The summed E-state index contributed by atoms with van der Waals surface area (Å²) in [4.78, 5) is 28.1. The Morgan fingerprint density at radius 1 is 0.656 bits per heavy atom. The molecule has 32 heavy (non-hydrogen) atoms. The van der Waals surface area contributed by atoms with Gasteiger partial charge in [0.15, 0.2) is 5.78 Å². The van der Waals surface area contributed by atoms with E-state index in [1.165, 1.54) is 6.20 Å². The third kappa shape index (κ3) is 7.65. The number of rotatable bonds is 13. The molecule has 0 saturated heterocycles. The largest absolute Gasteiger partial charge is 0.494 e. The topological polar surface area (TPSA) is 65.5 Å². The number of hydrogen-bond donors (Lipinski definition) is 0. The minimum Gasteiger partial charge on any atom is -0.494 e. The van der Waals surface area contributed by atoms with E-state index in [-0.39, 0.29) is 11.8 Å². The standard InChI is InChI=1S/C27H29NO4/c29-26(22-11-6-5-7-12-22)23-14-16-25(17-15-23)31-19-8-3-1-2-4-9-20-32-27(30)24-13-10-18-28-21-24/h5-7,10-18,21H,1-4,8-9,19-20H2. The van der Waals surface area contributed by atoms with Crippen molar-refractivity contribution in [2.75, 3.05) is 13.2 Å². The van der Waals surface area contributed by atoms with Crippen molar-refractivity contribution in [1.82, 2.24) is 4.98 Å². The Labute approximate surface area is 189 Å². The van der Waals surface area contributed by atoms with Gasteiger partial charge in [0.2, 0.25) is 0 Å². The van der Waals surface area contributed by atoms with E-state index in [0.717, 1.165) is 44.3 Å². The smallest absolute Gasteiger partial charge is 0.339 e. The average Bonchev–Trinajstić information content (AvgIpc) is 2.86. The molecule has 0 radical (unpaired) electrons. The number of aromatic nitrogens is 1. The number of hydrogen-bond acceptors (Lipinski definition) is 5. The summed E-state index contributed by atoms with van der Waals surface area (Å²) in [7, 11) is 0. The molecular formula is C27H29NO4. The molecule has 5 heteroatoms. The monoisotopic (exact) mass is 431 g/mol. The van der Waals surface area contributed by atoms with E-state index in [1.807, 2.05) is 54.6 Å². The lowest BCUT2D eigenvalue weighted by Gasteiger charge is -2.07. The van der Waals surface area contributed by atoms with Gasteiger partial charge in [-0.1, -0.05) is 56.0 Å². The second-order valence-electron chi connectivity index (χ2n) is 7.57. The minimum absolute atomic E-state index is 0.0176. The summed E-state index contributed by atoms with van der Waals surface area (Å²) in [6, 6.07) is 20.0. The minimum atomic E-state index is -0.312. The molecule has 0 unspecified atom stereocenters. The molecule has 166 valence electrons. The quantitative estimate of drug-likeness (QED) is 0.192. The molecule has 0 saturated carbocycles. The molecule has 0 bridgehead atoms. The summed E-state index contributed by atoms with van der Waals surface area (Å²) < 4.78 is 11.0. The van der Waals surface area contributed by atoms with Crippen molar-refractivity contribution in [2.24, 2.45) is 0 Å². The molecule has 0 amide bonds. The first-order valence-corrected chi connectivity index (χ1v) is 11.1. The van der Waals surface area contributed by atoms with E-state index in [1.54, 1.807) is 18.3 Å². The first kappa shape index (κ1) is 23.2. The van der Waals surface area contributed by atoms with Gasteiger partial charge in [0, 0.05) is 23.5 Å². The summed E-state index contributed by atoms with van der Waals surface area (Å²) in [5.74, 6) is 0.488. The van der Waals surface area contributed by atoms with Crippen LogP contribution in [0, 0.1) is 0 Å². The highest BCUT2D eigenvalue weighted by atomic mass is 16.5. The van der Waals surface area contributed by atoms with Gasteiger partial charge in [-0.05, 0) is 49.2 Å². The highest BCUT2D eigenvalue weighted by Gasteiger charge is 2.08. The number of pyridine rings is 1. The molecule has 0 spiro atoms. The van der Waals surface area contributed by atoms with E-state index < -0.39 is 0 Å². The highest BCUT2D eigenvalue weighted by Crippen LogP contribution is 2.16. The summed E-state index contributed by atoms with van der Waals surface area (Å²) in [6.45, 7) is 1.11. The van der Waals surface area contributed by atoms with Crippen LogP contribution in [-0.2, 0) is 4.74 Å². The van der Waals surface area contributed by atoms with Crippen LogP contribution < -0.4 is 4.74 Å². The zero-order valence-corrected chi connectivity index (χ0v) is 18.2. The molecule has 0 atom stereocenters. The Bertz CT molecular complexity index is 956. The fraction of sp³-hybridized carbons (Fsp3) is 0.296. The van der Waals surface area contributed by atoms with E-state index in [9.17, 15) is 9.59 Å². The van der Waals surface area contributed by atoms with Gasteiger partial charge < -0.3 is 9.47 Å². The predicted octanol–water partition coefficient (Wildman–Crippen LogP) is 5.89. The number of esters is 1. The number of unbranched alkanes of at least 4 members (excludes halogenated alkanes) is 5. The molecular weight excluding hydrogens is 402 g/mol. The third-order valence-corrected chi connectivity index (χ3v) is 5.09. The number of benzene rings is 2. The van der Waals surface area contributed by atoms with Crippen molar-refractivity contribution < 1.29 is 19.1 Å². The lowest BCUT2D eigenvalue weighted by atomic mass is 10.0. The molecule has 3 aromatic rings. The van der Waals surface area contributed by atoms with Gasteiger partial charge in [-0.2, -0.15) is 0 Å². The Hall–Kier alpha value is -3.47. The maximum atomic E-state index is 12.4. The molecule has 0 aliphatic heterocycles. The van der Waals surface area contributed by atoms with Crippen LogP contribution in [-0.4, -0.2) is 30.0 Å². The number of carbonyl (C=O) groups is 2. The van der Waals surface area contributed by atoms with Crippen LogP contribution in [0.1, 0.15) is 64.8 Å². The van der Waals surface area contributed by atoms with Gasteiger partial charge in [-0.3, -0.25) is 9.78 Å². The van der Waals surface area contributed by atoms with Crippen molar-refractivity contribution in [3.05, 3.63) is 95.8 Å². The van der Waals surface area contributed by atoms with Crippen LogP contribution in [0.25, 0.3) is 0 Å². The lowest BCUT2D eigenvalue weighted by Crippen LogP contribution is -2.06. The van der Waals surface area contributed by atoms with E-state index >= 15 is 0 Å². The third-order valence-electron chi connectivity index (χ3n) is 5.09. The van der Waals surface area contributed by atoms with Crippen molar-refractivity contribution in [2.45, 2.75) is 38.5 Å². The Morgan fingerprint density at radius 2 is 1.28 bits per heavy atom. The summed E-state index contributed by atoms with van der Waals surface area (Å²) in [6.07, 6.45) is 9.39. The van der Waals surface area contributed by atoms with Crippen molar-refractivity contribution in [3.8, 4) is 5.75 Å². The van der Waals surface area contributed by atoms with Crippen LogP contribution in [0.5, 0.6) is 5.75 Å². The average molecular weight is 432 g/mol. The predicted molar refractivity (Wildman–Crippen MR) is 124 cm³/mol. The second kappa shape index (κ2) is 13.1. The van der Waals surface area contributed by atoms with Crippen LogP contribution in [0.2, 0.25) is 0 Å². The number of nitrogens with zero attached hydrogens (tertiary/aromatic N) is 1. The number of carbonyl (C=O) groups excluding carboxylic acids is 2. The van der Waals surface area contributed by atoms with Gasteiger partial charge in [0.05, 0.1) is 18.8 Å². The van der Waals surface area contributed by atoms with Gasteiger partial charge in [0.25, 0.3) is 0 Å². The van der Waals surface area contributed by atoms with Crippen LogP contribution in [0.3, 0.4) is 0 Å². The van der Waals surface area contributed by atoms with Crippen LogP contribution in [0.15, 0.2) is 79.1 Å². The zero-order chi connectivity index (χ0) is 22.4. The second-order valence-corrected chi connectivity index (χ2v) is 7.57. The Kier molecular flexibility index (Phi) is 9.46.